The van der Waals surface area contributed by atoms with Crippen molar-refractivity contribution in [2.45, 2.75) is 74.7 Å². The minimum Gasteiger partial charge on any atom is -0.422 e. The van der Waals surface area contributed by atoms with Crippen molar-refractivity contribution >= 4 is 72.3 Å². The molecule has 0 aliphatic carbocycles. The number of hydrogen-bond acceptors (Lipinski definition) is 11. The quantitative estimate of drug-likeness (QED) is 0.151. The van der Waals surface area contributed by atoms with E-state index in [0.29, 0.717) is 34.1 Å². The lowest BCUT2D eigenvalue weighted by Gasteiger charge is -2.27. The Kier molecular flexibility index (Phi) is 9.65. The van der Waals surface area contributed by atoms with Crippen LogP contribution in [0.4, 0.5) is 39.6 Å². The van der Waals surface area contributed by atoms with Gasteiger partial charge in [-0.1, -0.05) is 91.8 Å². The Labute approximate surface area is 341 Å². The van der Waals surface area contributed by atoms with Crippen LogP contribution in [0.25, 0.3) is 27.3 Å². The third-order valence-corrected chi connectivity index (χ3v) is 11.1. The van der Waals surface area contributed by atoms with Crippen LogP contribution in [0.15, 0.2) is 93.5 Å². The molecule has 12 heteroatoms. The zero-order valence-electron chi connectivity index (χ0n) is 34.3. The van der Waals surface area contributed by atoms with Crippen LogP contribution in [0, 0.1) is 59.8 Å². The number of azo groups is 1. The van der Waals surface area contributed by atoms with Gasteiger partial charge in [0.1, 0.15) is 28.7 Å². The number of benzene rings is 4. The van der Waals surface area contributed by atoms with E-state index < -0.39 is 5.41 Å². The molecule has 0 bridgehead atoms. The first-order chi connectivity index (χ1) is 27.7. The van der Waals surface area contributed by atoms with Crippen molar-refractivity contribution in [1.82, 2.24) is 24.7 Å². The van der Waals surface area contributed by atoms with Crippen LogP contribution < -0.4 is 10.2 Å². The summed E-state index contributed by atoms with van der Waals surface area (Å²) >= 11 is 1.62. The molecular formula is C46H44N10OS. The first-order valence-electron chi connectivity index (χ1n) is 19.1. The van der Waals surface area contributed by atoms with Gasteiger partial charge in [-0.25, -0.2) is 9.97 Å². The van der Waals surface area contributed by atoms with Crippen molar-refractivity contribution in [2.24, 2.45) is 10.2 Å². The van der Waals surface area contributed by atoms with Crippen LogP contribution in [0.2, 0.25) is 0 Å². The SMILES string of the molecule is Cc1cc(C)c(Nc2nc(N(c3nc4ccccc4s3)c3c(C)cc(C)cc3C)cc(C)c2N=Nc2c(C#N)c(C(C)(C)C)nn2-c2nc3ccccc3o2)c(C)c1. The molecule has 0 saturated heterocycles. The molecule has 0 atom stereocenters. The zero-order valence-corrected chi connectivity index (χ0v) is 35.2. The molecule has 0 saturated carbocycles. The molecule has 58 heavy (non-hydrogen) atoms. The van der Waals surface area contributed by atoms with Gasteiger partial charge in [0.15, 0.2) is 16.5 Å². The number of pyridine rings is 1. The van der Waals surface area contributed by atoms with Crippen molar-refractivity contribution < 1.29 is 4.42 Å². The number of fused-ring (bicyclic) bond motifs is 2. The summed E-state index contributed by atoms with van der Waals surface area (Å²) < 4.78 is 8.70. The molecule has 0 aliphatic rings. The number of aromatic nitrogens is 5. The molecule has 1 N–H and O–H groups in total. The fraction of sp³-hybridized carbons (Fsp3) is 0.239. The monoisotopic (exact) mass is 784 g/mol. The van der Waals surface area contributed by atoms with Gasteiger partial charge in [0.25, 0.3) is 0 Å². The number of rotatable bonds is 8. The molecule has 0 amide bonds. The van der Waals surface area contributed by atoms with E-state index in [1.807, 2.05) is 76.2 Å². The number of anilines is 5. The molecule has 11 nitrogen and oxygen atoms in total. The second-order valence-corrected chi connectivity index (χ2v) is 16.9. The van der Waals surface area contributed by atoms with Gasteiger partial charge in [0, 0.05) is 11.1 Å². The number of nitrogens with zero attached hydrogens (tertiary/aromatic N) is 9. The van der Waals surface area contributed by atoms with Crippen molar-refractivity contribution in [1.29, 1.82) is 5.26 Å². The molecule has 4 aromatic carbocycles. The lowest BCUT2D eigenvalue weighted by Crippen LogP contribution is -2.15. The smallest absolute Gasteiger partial charge is 0.325 e. The summed E-state index contributed by atoms with van der Waals surface area (Å²) in [5, 5.41) is 29.6. The standard InChI is InChI=1S/C46H44N10OS/c1-25-19-27(3)38(28(4)20-25)51-42-39(52-53-43-32(24-47)41(46(8,9)10)54-56(43)44-48-33-15-11-13-17-35(33)57-44)29(5)23-37(50-42)55(40-30(6)21-26(2)22-31(40)7)45-49-34-16-12-14-18-36(34)58-45/h11-23H,1-10H3,(H,50,51). The van der Waals surface area contributed by atoms with Crippen molar-refractivity contribution in [3.63, 3.8) is 0 Å². The predicted molar refractivity (Wildman–Crippen MR) is 234 cm³/mol. The van der Waals surface area contributed by atoms with Gasteiger partial charge in [-0.2, -0.15) is 20.0 Å². The Balaban J connectivity index is 1.36. The Bertz CT molecular complexity index is 2860. The molecule has 8 rings (SSSR count). The van der Waals surface area contributed by atoms with E-state index >= 15 is 0 Å². The average Bonchev–Trinajstić information content (AvgIpc) is 3.88. The number of nitrogens with one attached hydrogen (secondary N) is 1. The van der Waals surface area contributed by atoms with E-state index in [1.165, 1.54) is 10.2 Å². The topological polar surface area (TPSA) is 133 Å². The van der Waals surface area contributed by atoms with Crippen molar-refractivity contribution in [3.05, 3.63) is 129 Å². The highest BCUT2D eigenvalue weighted by Gasteiger charge is 2.30. The molecule has 4 heterocycles. The minimum atomic E-state index is -0.491. The second kappa shape index (κ2) is 14.7. The zero-order chi connectivity index (χ0) is 41.0. The van der Waals surface area contributed by atoms with Crippen molar-refractivity contribution in [3.8, 4) is 12.1 Å². The molecule has 8 aromatic rings. The van der Waals surface area contributed by atoms with Crippen LogP contribution in [-0.4, -0.2) is 24.7 Å². The van der Waals surface area contributed by atoms with E-state index in [0.717, 1.165) is 60.1 Å². The lowest BCUT2D eigenvalue weighted by molar-refractivity contribution is 0.520. The fourth-order valence-corrected chi connectivity index (χ4v) is 8.55. The highest BCUT2D eigenvalue weighted by Crippen LogP contribution is 2.45. The Hall–Kier alpha value is -6.71. The fourth-order valence-electron chi connectivity index (χ4n) is 7.57. The van der Waals surface area contributed by atoms with E-state index in [1.54, 1.807) is 11.3 Å². The van der Waals surface area contributed by atoms with Gasteiger partial charge in [-0.3, -0.25) is 4.90 Å². The molecule has 4 aromatic heterocycles. The van der Waals surface area contributed by atoms with Crippen LogP contribution in [0.1, 0.15) is 71.0 Å². The van der Waals surface area contributed by atoms with E-state index in [-0.39, 0.29) is 17.4 Å². The molecule has 290 valence electrons. The Morgan fingerprint density at radius 1 is 0.759 bits per heavy atom. The van der Waals surface area contributed by atoms with Gasteiger partial charge < -0.3 is 9.73 Å². The Morgan fingerprint density at radius 2 is 1.40 bits per heavy atom. The minimum absolute atomic E-state index is 0.187. The predicted octanol–water partition coefficient (Wildman–Crippen LogP) is 13.0. The van der Waals surface area contributed by atoms with E-state index in [2.05, 4.69) is 88.2 Å². The van der Waals surface area contributed by atoms with Crippen LogP contribution in [0.5, 0.6) is 0 Å². The maximum Gasteiger partial charge on any atom is 0.325 e. The van der Waals surface area contributed by atoms with Crippen molar-refractivity contribution in [2.75, 3.05) is 10.2 Å². The van der Waals surface area contributed by atoms with Gasteiger partial charge in [0.2, 0.25) is 5.82 Å². The number of aryl methyl sites for hydroxylation is 7. The number of oxazole rings is 1. The molecule has 0 aliphatic heterocycles. The summed E-state index contributed by atoms with van der Waals surface area (Å²) in [4.78, 5) is 17.4. The molecule has 0 spiro atoms. The first kappa shape index (κ1) is 38.2. The average molecular weight is 785 g/mol. The second-order valence-electron chi connectivity index (χ2n) is 15.9. The number of thiazole rings is 1. The van der Waals surface area contributed by atoms with Crippen LogP contribution in [0.3, 0.4) is 0 Å². The summed E-state index contributed by atoms with van der Waals surface area (Å²) in [6.07, 6.45) is 0. The largest absolute Gasteiger partial charge is 0.422 e. The number of para-hydroxylation sites is 3. The highest BCUT2D eigenvalue weighted by atomic mass is 32.1. The third-order valence-electron chi connectivity index (χ3n) is 10.0. The van der Waals surface area contributed by atoms with Crippen LogP contribution >= 0.6 is 11.3 Å². The van der Waals surface area contributed by atoms with Gasteiger partial charge in [-0.05, 0) is 107 Å². The molecule has 0 unspecified atom stereocenters. The van der Waals surface area contributed by atoms with E-state index in [9.17, 15) is 5.26 Å². The first-order valence-corrected chi connectivity index (χ1v) is 19.9. The summed E-state index contributed by atoms with van der Waals surface area (Å²) in [5.74, 6) is 1.36. The third kappa shape index (κ3) is 6.98. The van der Waals surface area contributed by atoms with Gasteiger partial charge in [-0.15, -0.1) is 10.2 Å². The van der Waals surface area contributed by atoms with Crippen LogP contribution in [-0.2, 0) is 5.41 Å². The maximum absolute atomic E-state index is 10.6. The maximum atomic E-state index is 10.6. The highest BCUT2D eigenvalue weighted by molar-refractivity contribution is 7.22. The summed E-state index contributed by atoms with van der Waals surface area (Å²) in [7, 11) is 0. The normalized spacial score (nSPS) is 11.9. The Morgan fingerprint density at radius 3 is 2.03 bits per heavy atom. The number of hydrogen-bond donors (Lipinski definition) is 1. The van der Waals surface area contributed by atoms with Gasteiger partial charge in [0.05, 0.1) is 21.6 Å². The molecular weight excluding hydrogens is 741 g/mol. The number of nitriles is 1. The summed E-state index contributed by atoms with van der Waals surface area (Å²) in [6, 6.07) is 28.9. The van der Waals surface area contributed by atoms with Gasteiger partial charge >= 0.3 is 6.01 Å². The molecule has 0 radical (unpaired) electrons. The molecule has 0 fully saturated rings. The summed E-state index contributed by atoms with van der Waals surface area (Å²) in [5.41, 5.74) is 12.4. The van der Waals surface area contributed by atoms with E-state index in [4.69, 9.17) is 34.7 Å². The lowest BCUT2D eigenvalue weighted by atomic mass is 9.90. The summed E-state index contributed by atoms with van der Waals surface area (Å²) in [6.45, 7) is 20.6.